The summed E-state index contributed by atoms with van der Waals surface area (Å²) < 4.78 is 0. The number of benzene rings is 1. The number of nitrogens with one attached hydrogen (secondary N) is 2. The second-order valence-electron chi connectivity index (χ2n) is 6.96. The quantitative estimate of drug-likeness (QED) is 0.680. The van der Waals surface area contributed by atoms with Crippen LogP contribution in [0.3, 0.4) is 0 Å². The van der Waals surface area contributed by atoms with Gasteiger partial charge in [0.2, 0.25) is 0 Å². The Hall–Kier alpha value is -2.66. The van der Waals surface area contributed by atoms with Gasteiger partial charge in [-0.15, -0.1) is 0 Å². The van der Waals surface area contributed by atoms with Gasteiger partial charge in [-0.25, -0.2) is 0 Å². The SMILES string of the molecule is Cc1ccc(NC(=O)c2ccnc(C(=O)NCCC3=CCCCC3)c2)cc1Cl. The number of amides is 2. The van der Waals surface area contributed by atoms with Crippen LogP contribution in [0.15, 0.2) is 48.2 Å². The maximum absolute atomic E-state index is 12.5. The third-order valence-corrected chi connectivity index (χ3v) is 5.21. The van der Waals surface area contributed by atoms with Gasteiger partial charge in [0.15, 0.2) is 0 Å². The molecule has 1 aliphatic carbocycles. The largest absolute Gasteiger partial charge is 0.350 e. The van der Waals surface area contributed by atoms with Gasteiger partial charge in [0.05, 0.1) is 0 Å². The van der Waals surface area contributed by atoms with Crippen molar-refractivity contribution in [3.8, 4) is 0 Å². The van der Waals surface area contributed by atoms with Gasteiger partial charge >= 0.3 is 0 Å². The number of anilines is 1. The van der Waals surface area contributed by atoms with Gasteiger partial charge < -0.3 is 10.6 Å². The van der Waals surface area contributed by atoms with Crippen LogP contribution < -0.4 is 10.6 Å². The van der Waals surface area contributed by atoms with Crippen LogP contribution in [0.4, 0.5) is 5.69 Å². The molecule has 0 bridgehead atoms. The number of pyridine rings is 1. The summed E-state index contributed by atoms with van der Waals surface area (Å²) in [5.74, 6) is -0.590. The normalized spacial score (nSPS) is 13.6. The van der Waals surface area contributed by atoms with Crippen LogP contribution >= 0.6 is 11.6 Å². The summed E-state index contributed by atoms with van der Waals surface area (Å²) in [6.45, 7) is 2.47. The van der Waals surface area contributed by atoms with Crippen molar-refractivity contribution in [1.29, 1.82) is 0 Å². The summed E-state index contributed by atoms with van der Waals surface area (Å²) in [6.07, 6.45) is 9.33. The summed E-state index contributed by atoms with van der Waals surface area (Å²) in [7, 11) is 0. The van der Waals surface area contributed by atoms with Crippen LogP contribution in [0.25, 0.3) is 0 Å². The molecular formula is C22H24ClN3O2. The zero-order valence-electron chi connectivity index (χ0n) is 15.9. The molecule has 2 N–H and O–H groups in total. The Kier molecular flexibility index (Phi) is 6.82. The predicted octanol–water partition coefficient (Wildman–Crippen LogP) is 4.92. The third kappa shape index (κ3) is 5.42. The van der Waals surface area contributed by atoms with Gasteiger partial charge in [0, 0.05) is 29.0 Å². The molecular weight excluding hydrogens is 374 g/mol. The highest BCUT2D eigenvalue weighted by Crippen LogP contribution is 2.21. The first-order valence-electron chi connectivity index (χ1n) is 9.52. The highest BCUT2D eigenvalue weighted by Gasteiger charge is 2.13. The summed E-state index contributed by atoms with van der Waals surface area (Å²) in [4.78, 5) is 28.9. The van der Waals surface area contributed by atoms with E-state index in [1.165, 1.54) is 30.7 Å². The molecule has 0 saturated carbocycles. The second-order valence-corrected chi connectivity index (χ2v) is 7.37. The minimum absolute atomic E-state index is 0.229. The van der Waals surface area contributed by atoms with Gasteiger partial charge in [-0.05, 0) is 68.9 Å². The highest BCUT2D eigenvalue weighted by atomic mass is 35.5. The van der Waals surface area contributed by atoms with E-state index < -0.39 is 0 Å². The van der Waals surface area contributed by atoms with Crippen molar-refractivity contribution >= 4 is 29.1 Å². The Balaban J connectivity index is 1.59. The molecule has 0 atom stereocenters. The van der Waals surface area contributed by atoms with E-state index in [1.807, 2.05) is 13.0 Å². The van der Waals surface area contributed by atoms with Gasteiger partial charge in [-0.1, -0.05) is 29.3 Å². The first-order valence-corrected chi connectivity index (χ1v) is 9.90. The number of rotatable bonds is 6. The summed E-state index contributed by atoms with van der Waals surface area (Å²) in [5.41, 5.74) is 3.54. The van der Waals surface area contributed by atoms with Crippen molar-refractivity contribution < 1.29 is 9.59 Å². The third-order valence-electron chi connectivity index (χ3n) is 4.80. The molecule has 0 aliphatic heterocycles. The van der Waals surface area contributed by atoms with Gasteiger partial charge in [0.25, 0.3) is 11.8 Å². The lowest BCUT2D eigenvalue weighted by Crippen LogP contribution is -2.26. The molecule has 0 fully saturated rings. The molecule has 1 heterocycles. The van der Waals surface area contributed by atoms with Crippen molar-refractivity contribution in [1.82, 2.24) is 10.3 Å². The number of aromatic nitrogens is 1. The van der Waals surface area contributed by atoms with E-state index in [0.29, 0.717) is 22.8 Å². The van der Waals surface area contributed by atoms with Crippen molar-refractivity contribution in [2.45, 2.75) is 39.0 Å². The van der Waals surface area contributed by atoms with Crippen LogP contribution in [0.2, 0.25) is 5.02 Å². The van der Waals surface area contributed by atoms with Gasteiger partial charge in [-0.3, -0.25) is 14.6 Å². The highest BCUT2D eigenvalue weighted by molar-refractivity contribution is 6.31. The minimum atomic E-state index is -0.316. The lowest BCUT2D eigenvalue weighted by atomic mass is 9.97. The first-order chi connectivity index (χ1) is 13.5. The Morgan fingerprint density at radius 1 is 1.14 bits per heavy atom. The van der Waals surface area contributed by atoms with Crippen LogP contribution in [0, 0.1) is 6.92 Å². The van der Waals surface area contributed by atoms with Crippen LogP contribution in [0.1, 0.15) is 58.5 Å². The van der Waals surface area contributed by atoms with Crippen molar-refractivity contribution in [2.24, 2.45) is 0 Å². The van der Waals surface area contributed by atoms with Crippen LogP contribution in [0.5, 0.6) is 0 Å². The zero-order chi connectivity index (χ0) is 19.9. The number of allylic oxidation sites excluding steroid dienone is 1. The Labute approximate surface area is 170 Å². The molecule has 146 valence electrons. The van der Waals surface area contributed by atoms with E-state index in [2.05, 4.69) is 21.7 Å². The van der Waals surface area contributed by atoms with E-state index >= 15 is 0 Å². The van der Waals surface area contributed by atoms with E-state index in [9.17, 15) is 9.59 Å². The smallest absolute Gasteiger partial charge is 0.269 e. The van der Waals surface area contributed by atoms with Crippen molar-refractivity contribution in [3.05, 3.63) is 70.0 Å². The van der Waals surface area contributed by atoms with Crippen molar-refractivity contribution in [2.75, 3.05) is 11.9 Å². The molecule has 5 nitrogen and oxygen atoms in total. The fourth-order valence-electron chi connectivity index (χ4n) is 3.13. The molecule has 1 aromatic carbocycles. The van der Waals surface area contributed by atoms with Crippen molar-refractivity contribution in [3.63, 3.8) is 0 Å². The topological polar surface area (TPSA) is 71.1 Å². The number of carbonyl (C=O) groups is 2. The van der Waals surface area contributed by atoms with E-state index in [0.717, 1.165) is 24.8 Å². The summed E-state index contributed by atoms with van der Waals surface area (Å²) in [6, 6.07) is 8.40. The summed E-state index contributed by atoms with van der Waals surface area (Å²) >= 11 is 6.10. The van der Waals surface area contributed by atoms with E-state index in [-0.39, 0.29) is 17.5 Å². The number of halogens is 1. The second kappa shape index (κ2) is 9.51. The lowest BCUT2D eigenvalue weighted by molar-refractivity contribution is 0.0949. The number of carbonyl (C=O) groups excluding carboxylic acids is 2. The molecule has 1 aromatic heterocycles. The lowest BCUT2D eigenvalue weighted by Gasteiger charge is -2.13. The Morgan fingerprint density at radius 2 is 2.00 bits per heavy atom. The van der Waals surface area contributed by atoms with Gasteiger partial charge in [0.1, 0.15) is 5.69 Å². The minimum Gasteiger partial charge on any atom is -0.350 e. The molecule has 2 amide bonds. The maximum Gasteiger partial charge on any atom is 0.269 e. The predicted molar refractivity (Wildman–Crippen MR) is 112 cm³/mol. The Bertz CT molecular complexity index is 908. The fourth-order valence-corrected chi connectivity index (χ4v) is 3.31. The molecule has 0 spiro atoms. The Morgan fingerprint density at radius 3 is 2.75 bits per heavy atom. The maximum atomic E-state index is 12.5. The van der Waals surface area contributed by atoms with Gasteiger partial charge in [-0.2, -0.15) is 0 Å². The molecule has 0 radical (unpaired) electrons. The molecule has 1 aliphatic rings. The molecule has 28 heavy (non-hydrogen) atoms. The monoisotopic (exact) mass is 397 g/mol. The molecule has 2 aromatic rings. The number of hydrogen-bond donors (Lipinski definition) is 2. The number of aryl methyl sites for hydroxylation is 1. The zero-order valence-corrected chi connectivity index (χ0v) is 16.7. The molecule has 6 heteroatoms. The average Bonchev–Trinajstić information content (AvgIpc) is 2.71. The average molecular weight is 398 g/mol. The summed E-state index contributed by atoms with van der Waals surface area (Å²) in [5, 5.41) is 6.26. The number of hydrogen-bond acceptors (Lipinski definition) is 3. The van der Waals surface area contributed by atoms with Crippen LogP contribution in [-0.4, -0.2) is 23.3 Å². The van der Waals surface area contributed by atoms with Crippen LogP contribution in [-0.2, 0) is 0 Å². The number of nitrogens with zero attached hydrogens (tertiary/aromatic N) is 1. The molecule has 3 rings (SSSR count). The standard InChI is InChI=1S/C22H24ClN3O2/c1-15-7-8-18(14-19(15)23)26-21(27)17-10-12-24-20(13-17)22(28)25-11-9-16-5-3-2-4-6-16/h5,7-8,10,12-14H,2-4,6,9,11H2,1H3,(H,25,28)(H,26,27). The molecule has 0 saturated heterocycles. The van der Waals surface area contributed by atoms with E-state index in [1.54, 1.807) is 18.2 Å². The molecule has 0 unspecified atom stereocenters. The first kappa shape index (κ1) is 20.1. The van der Waals surface area contributed by atoms with E-state index in [4.69, 9.17) is 11.6 Å². The fraction of sp³-hybridized carbons (Fsp3) is 0.318.